The zero-order valence-electron chi connectivity index (χ0n) is 18.4. The largest absolute Gasteiger partial charge is 0.507 e. The monoisotopic (exact) mass is 424 g/mol. The van der Waals surface area contributed by atoms with E-state index in [9.17, 15) is 9.90 Å². The molecule has 3 aromatic rings. The lowest BCUT2D eigenvalue weighted by molar-refractivity contribution is -0.922. The van der Waals surface area contributed by atoms with Gasteiger partial charge in [0.25, 0.3) is 0 Å². The Balaban J connectivity index is 1.74. The van der Waals surface area contributed by atoms with Gasteiger partial charge in [0.2, 0.25) is 11.2 Å². The van der Waals surface area contributed by atoms with Gasteiger partial charge in [-0.15, -0.1) is 0 Å². The van der Waals surface area contributed by atoms with Crippen LogP contribution in [-0.2, 0) is 6.54 Å². The van der Waals surface area contributed by atoms with Gasteiger partial charge in [0.1, 0.15) is 18.1 Å². The minimum absolute atomic E-state index is 0.134. The molecule has 1 aliphatic rings. The molecule has 1 unspecified atom stereocenters. The number of ether oxygens (including phenoxy) is 2. The van der Waals surface area contributed by atoms with Crippen molar-refractivity contribution in [3.8, 4) is 23.0 Å². The molecule has 31 heavy (non-hydrogen) atoms. The maximum atomic E-state index is 13.3. The van der Waals surface area contributed by atoms with Crippen LogP contribution in [0.4, 0.5) is 0 Å². The van der Waals surface area contributed by atoms with E-state index in [1.807, 2.05) is 19.1 Å². The molecular weight excluding hydrogens is 394 g/mol. The average Bonchev–Trinajstić information content (AvgIpc) is 2.75. The molecule has 4 rings (SSSR count). The second-order valence-electron chi connectivity index (χ2n) is 8.37. The smallest absolute Gasteiger partial charge is 0.235 e. The van der Waals surface area contributed by atoms with Crippen molar-refractivity contribution in [3.63, 3.8) is 0 Å². The first-order chi connectivity index (χ1) is 15.0. The average molecular weight is 425 g/mol. The molecule has 164 valence electrons. The summed E-state index contributed by atoms with van der Waals surface area (Å²) < 4.78 is 17.7. The van der Waals surface area contributed by atoms with Gasteiger partial charge >= 0.3 is 0 Å². The van der Waals surface area contributed by atoms with E-state index in [4.69, 9.17) is 13.9 Å². The predicted molar refractivity (Wildman–Crippen MR) is 119 cm³/mol. The van der Waals surface area contributed by atoms with Gasteiger partial charge in [-0.2, -0.15) is 0 Å². The van der Waals surface area contributed by atoms with Crippen LogP contribution in [0.15, 0.2) is 45.6 Å². The molecule has 2 atom stereocenters. The van der Waals surface area contributed by atoms with Crippen molar-refractivity contribution in [2.45, 2.75) is 40.2 Å². The lowest BCUT2D eigenvalue weighted by atomic mass is 9.99. The predicted octanol–water partition coefficient (Wildman–Crippen LogP) is 3.81. The number of rotatable bonds is 6. The van der Waals surface area contributed by atoms with Gasteiger partial charge in [-0.25, -0.2) is 0 Å². The van der Waals surface area contributed by atoms with E-state index in [2.05, 4.69) is 6.92 Å². The molecule has 6 nitrogen and oxygen atoms in total. The number of fused-ring (bicyclic) bond motifs is 1. The fourth-order valence-corrected chi connectivity index (χ4v) is 4.41. The van der Waals surface area contributed by atoms with Gasteiger partial charge in [-0.1, -0.05) is 19.1 Å². The normalized spacial score (nSPS) is 18.8. The Morgan fingerprint density at radius 2 is 1.97 bits per heavy atom. The van der Waals surface area contributed by atoms with E-state index >= 15 is 0 Å². The van der Waals surface area contributed by atoms with Crippen LogP contribution in [0.5, 0.6) is 23.0 Å². The van der Waals surface area contributed by atoms with Gasteiger partial charge in [0.05, 0.1) is 30.6 Å². The molecule has 2 N–H and O–H groups in total. The van der Waals surface area contributed by atoms with E-state index in [0.29, 0.717) is 52.9 Å². The molecule has 6 heteroatoms. The second kappa shape index (κ2) is 9.02. The summed E-state index contributed by atoms with van der Waals surface area (Å²) in [5.41, 5.74) is 0.870. The van der Waals surface area contributed by atoms with Crippen LogP contribution in [0.1, 0.15) is 38.0 Å². The number of hydrogen-bond donors (Lipinski definition) is 2. The zero-order chi connectivity index (χ0) is 22.0. The Bertz CT molecular complexity index is 1140. The minimum atomic E-state index is -0.256. The number of aromatic hydroxyl groups is 1. The number of phenols is 1. The van der Waals surface area contributed by atoms with Gasteiger partial charge in [0, 0.05) is 5.92 Å². The molecule has 0 bridgehead atoms. The molecule has 0 saturated carbocycles. The fraction of sp³-hybridized carbons (Fsp3) is 0.400. The van der Waals surface area contributed by atoms with Gasteiger partial charge < -0.3 is 23.9 Å². The van der Waals surface area contributed by atoms with Crippen LogP contribution >= 0.6 is 0 Å². The highest BCUT2D eigenvalue weighted by molar-refractivity contribution is 5.83. The summed E-state index contributed by atoms with van der Waals surface area (Å²) in [6.45, 7) is 9.09. The first-order valence-electron chi connectivity index (χ1n) is 11.0. The third kappa shape index (κ3) is 4.39. The molecule has 1 saturated heterocycles. The third-order valence-electron chi connectivity index (χ3n) is 5.91. The zero-order valence-corrected chi connectivity index (χ0v) is 18.4. The van der Waals surface area contributed by atoms with E-state index in [-0.39, 0.29) is 16.9 Å². The molecular formula is C25H30NO5+. The minimum Gasteiger partial charge on any atom is -0.507 e. The first-order valence-corrected chi connectivity index (χ1v) is 11.0. The molecule has 0 radical (unpaired) electrons. The standard InChI is InChI=1S/C25H29NO5/c1-4-29-21-9-5-6-10-22(21)31-24-17(3)30-25-18(23(24)28)11-12-20(27)19(25)15-26-13-7-8-16(2)14-26/h5-6,9-12,16,27H,4,7-8,13-15H2,1-3H3/p+1/t16-/m1/s1. The van der Waals surface area contributed by atoms with Crippen molar-refractivity contribution in [1.82, 2.24) is 0 Å². The highest BCUT2D eigenvalue weighted by Crippen LogP contribution is 2.34. The number of phenolic OH excluding ortho intramolecular Hbond substituents is 1. The Morgan fingerprint density at radius 1 is 1.19 bits per heavy atom. The Kier molecular flexibility index (Phi) is 6.18. The molecule has 0 aliphatic carbocycles. The van der Waals surface area contributed by atoms with Crippen molar-refractivity contribution in [1.29, 1.82) is 0 Å². The molecule has 0 spiro atoms. The van der Waals surface area contributed by atoms with Gasteiger partial charge in [-0.3, -0.25) is 4.79 Å². The van der Waals surface area contributed by atoms with E-state index in [0.717, 1.165) is 13.1 Å². The Hall–Kier alpha value is -2.99. The molecule has 0 amide bonds. The van der Waals surface area contributed by atoms with Crippen molar-refractivity contribution >= 4 is 11.0 Å². The summed E-state index contributed by atoms with van der Waals surface area (Å²) in [5.74, 6) is 2.35. The Morgan fingerprint density at radius 3 is 2.71 bits per heavy atom. The number of nitrogens with one attached hydrogen (secondary N) is 1. The van der Waals surface area contributed by atoms with Crippen LogP contribution in [0.2, 0.25) is 0 Å². The highest BCUT2D eigenvalue weighted by Gasteiger charge is 2.25. The third-order valence-corrected chi connectivity index (χ3v) is 5.91. The number of benzene rings is 2. The number of piperidine rings is 1. The van der Waals surface area contributed by atoms with E-state index in [1.54, 1.807) is 31.2 Å². The topological polar surface area (TPSA) is 73.3 Å². The van der Waals surface area contributed by atoms with Crippen LogP contribution in [0, 0.1) is 12.8 Å². The summed E-state index contributed by atoms with van der Waals surface area (Å²) in [7, 11) is 0. The van der Waals surface area contributed by atoms with Gasteiger partial charge in [0.15, 0.2) is 17.1 Å². The molecule has 1 aliphatic heterocycles. The maximum absolute atomic E-state index is 13.3. The molecule has 1 aromatic heterocycles. The van der Waals surface area contributed by atoms with Crippen LogP contribution in [0.3, 0.4) is 0 Å². The molecule has 2 aromatic carbocycles. The highest BCUT2D eigenvalue weighted by atomic mass is 16.5. The van der Waals surface area contributed by atoms with Crippen molar-refractivity contribution in [2.24, 2.45) is 5.92 Å². The fourth-order valence-electron chi connectivity index (χ4n) is 4.41. The number of aryl methyl sites for hydroxylation is 1. The van der Waals surface area contributed by atoms with Crippen molar-refractivity contribution < 1.29 is 23.9 Å². The number of likely N-dealkylation sites (tertiary alicyclic amines) is 1. The maximum Gasteiger partial charge on any atom is 0.235 e. The van der Waals surface area contributed by atoms with Crippen LogP contribution < -0.4 is 19.8 Å². The quantitative estimate of drug-likeness (QED) is 0.630. The number of para-hydroxylation sites is 2. The van der Waals surface area contributed by atoms with E-state index < -0.39 is 0 Å². The first kappa shape index (κ1) is 21.2. The lowest BCUT2D eigenvalue weighted by Crippen LogP contribution is -3.12. The number of hydrogen-bond acceptors (Lipinski definition) is 5. The van der Waals surface area contributed by atoms with Crippen LogP contribution in [-0.4, -0.2) is 24.8 Å². The molecule has 2 heterocycles. The molecule has 1 fully saturated rings. The second-order valence-corrected chi connectivity index (χ2v) is 8.37. The summed E-state index contributed by atoms with van der Waals surface area (Å²) in [4.78, 5) is 14.7. The lowest BCUT2D eigenvalue weighted by Gasteiger charge is -2.28. The number of quaternary nitrogens is 1. The Labute approximate surface area is 182 Å². The van der Waals surface area contributed by atoms with Crippen molar-refractivity contribution in [2.75, 3.05) is 19.7 Å². The van der Waals surface area contributed by atoms with E-state index in [1.165, 1.54) is 17.7 Å². The van der Waals surface area contributed by atoms with Crippen LogP contribution in [0.25, 0.3) is 11.0 Å². The SMILES string of the molecule is CCOc1ccccc1Oc1c(C)oc2c(C[NH+]3CCC[C@@H](C)C3)c(O)ccc2c1=O. The van der Waals surface area contributed by atoms with Gasteiger partial charge in [-0.05, 0) is 51.0 Å². The summed E-state index contributed by atoms with van der Waals surface area (Å²) >= 11 is 0. The van der Waals surface area contributed by atoms with Crippen molar-refractivity contribution in [3.05, 3.63) is 57.9 Å². The summed E-state index contributed by atoms with van der Waals surface area (Å²) in [6, 6.07) is 10.4. The summed E-state index contributed by atoms with van der Waals surface area (Å²) in [5, 5.41) is 11.0. The summed E-state index contributed by atoms with van der Waals surface area (Å²) in [6.07, 6.45) is 2.41.